The van der Waals surface area contributed by atoms with Crippen molar-refractivity contribution in [2.45, 2.75) is 40.5 Å². The average Bonchev–Trinajstić information content (AvgIpc) is 2.25. The fourth-order valence-corrected chi connectivity index (χ4v) is 1.46. The summed E-state index contributed by atoms with van der Waals surface area (Å²) in [6.45, 7) is 8.86. The number of hydrogen-bond acceptors (Lipinski definition) is 3. The SMILES string of the molecule is CCC(C(=O)OC)C(=O)N(C)CCC(C)(C)C. The van der Waals surface area contributed by atoms with Gasteiger partial charge in [0.05, 0.1) is 7.11 Å². The van der Waals surface area contributed by atoms with E-state index in [2.05, 4.69) is 25.5 Å². The average molecular weight is 243 g/mol. The van der Waals surface area contributed by atoms with Gasteiger partial charge in [-0.2, -0.15) is 0 Å². The van der Waals surface area contributed by atoms with Gasteiger partial charge in [-0.15, -0.1) is 0 Å². The highest BCUT2D eigenvalue weighted by Crippen LogP contribution is 2.19. The zero-order valence-corrected chi connectivity index (χ0v) is 11.9. The fraction of sp³-hybridized carbons (Fsp3) is 0.846. The van der Waals surface area contributed by atoms with E-state index in [9.17, 15) is 9.59 Å². The molecular weight excluding hydrogens is 218 g/mol. The first kappa shape index (κ1) is 15.9. The van der Waals surface area contributed by atoms with Crippen LogP contribution >= 0.6 is 0 Å². The van der Waals surface area contributed by atoms with Crippen LogP contribution in [0.3, 0.4) is 0 Å². The molecule has 0 aliphatic carbocycles. The monoisotopic (exact) mass is 243 g/mol. The minimum Gasteiger partial charge on any atom is -0.468 e. The second-order valence-corrected chi connectivity index (χ2v) is 5.55. The predicted molar refractivity (Wildman–Crippen MR) is 67.5 cm³/mol. The number of carbonyl (C=O) groups excluding carboxylic acids is 2. The molecule has 0 radical (unpaired) electrons. The summed E-state index contributed by atoms with van der Waals surface area (Å²) in [6, 6.07) is 0. The minimum atomic E-state index is -0.662. The summed E-state index contributed by atoms with van der Waals surface area (Å²) in [5.74, 6) is -1.26. The molecule has 0 saturated heterocycles. The summed E-state index contributed by atoms with van der Waals surface area (Å²) in [5, 5.41) is 0. The largest absolute Gasteiger partial charge is 0.468 e. The van der Waals surface area contributed by atoms with Crippen LogP contribution in [0.4, 0.5) is 0 Å². The topological polar surface area (TPSA) is 46.6 Å². The molecule has 100 valence electrons. The van der Waals surface area contributed by atoms with Gasteiger partial charge < -0.3 is 9.64 Å². The van der Waals surface area contributed by atoms with Gasteiger partial charge in [0.2, 0.25) is 5.91 Å². The molecule has 1 amide bonds. The Labute approximate surface area is 104 Å². The molecule has 0 aromatic rings. The molecule has 0 heterocycles. The van der Waals surface area contributed by atoms with Crippen molar-refractivity contribution in [3.05, 3.63) is 0 Å². The van der Waals surface area contributed by atoms with Crippen molar-refractivity contribution in [1.82, 2.24) is 4.90 Å². The molecule has 0 aromatic carbocycles. The van der Waals surface area contributed by atoms with Crippen LogP contribution in [0, 0.1) is 11.3 Å². The smallest absolute Gasteiger partial charge is 0.318 e. The van der Waals surface area contributed by atoms with Gasteiger partial charge in [0.15, 0.2) is 0 Å². The highest BCUT2D eigenvalue weighted by molar-refractivity contribution is 5.97. The first-order valence-corrected chi connectivity index (χ1v) is 6.05. The quantitative estimate of drug-likeness (QED) is 0.548. The van der Waals surface area contributed by atoms with Crippen LogP contribution in [0.15, 0.2) is 0 Å². The van der Waals surface area contributed by atoms with E-state index >= 15 is 0 Å². The summed E-state index contributed by atoms with van der Waals surface area (Å²) in [6.07, 6.45) is 1.39. The fourth-order valence-electron chi connectivity index (χ4n) is 1.46. The van der Waals surface area contributed by atoms with Crippen LogP contribution < -0.4 is 0 Å². The molecule has 0 aliphatic heterocycles. The van der Waals surface area contributed by atoms with E-state index in [4.69, 9.17) is 0 Å². The van der Waals surface area contributed by atoms with Crippen molar-refractivity contribution in [3.63, 3.8) is 0 Å². The normalized spacial score (nSPS) is 13.1. The van der Waals surface area contributed by atoms with Gasteiger partial charge in [-0.1, -0.05) is 27.7 Å². The van der Waals surface area contributed by atoms with Crippen molar-refractivity contribution in [1.29, 1.82) is 0 Å². The maximum Gasteiger partial charge on any atom is 0.318 e. The third kappa shape index (κ3) is 5.71. The highest BCUT2D eigenvalue weighted by Gasteiger charge is 2.28. The van der Waals surface area contributed by atoms with Crippen LogP contribution in [-0.4, -0.2) is 37.5 Å². The van der Waals surface area contributed by atoms with E-state index in [-0.39, 0.29) is 11.3 Å². The Morgan fingerprint density at radius 3 is 2.18 bits per heavy atom. The van der Waals surface area contributed by atoms with E-state index in [1.807, 2.05) is 6.92 Å². The molecule has 0 fully saturated rings. The van der Waals surface area contributed by atoms with Gasteiger partial charge >= 0.3 is 5.97 Å². The third-order valence-electron chi connectivity index (χ3n) is 2.77. The Kier molecular flexibility index (Phi) is 6.21. The standard InChI is InChI=1S/C13H25NO3/c1-7-10(12(16)17-6)11(15)14(5)9-8-13(2,3)4/h10H,7-9H2,1-6H3. The van der Waals surface area contributed by atoms with Crippen molar-refractivity contribution < 1.29 is 14.3 Å². The van der Waals surface area contributed by atoms with Crippen LogP contribution in [0.1, 0.15) is 40.5 Å². The highest BCUT2D eigenvalue weighted by atomic mass is 16.5. The third-order valence-corrected chi connectivity index (χ3v) is 2.77. The molecule has 0 rings (SSSR count). The van der Waals surface area contributed by atoms with E-state index in [0.717, 1.165) is 6.42 Å². The Bertz CT molecular complexity index is 268. The number of esters is 1. The lowest BCUT2D eigenvalue weighted by atomic mass is 9.92. The van der Waals surface area contributed by atoms with Gasteiger partial charge in [0, 0.05) is 13.6 Å². The maximum atomic E-state index is 12.0. The van der Waals surface area contributed by atoms with Crippen molar-refractivity contribution >= 4 is 11.9 Å². The first-order valence-electron chi connectivity index (χ1n) is 6.05. The molecule has 0 N–H and O–H groups in total. The minimum absolute atomic E-state index is 0.149. The van der Waals surface area contributed by atoms with Gasteiger partial charge in [0.25, 0.3) is 0 Å². The molecule has 4 nitrogen and oxygen atoms in total. The van der Waals surface area contributed by atoms with Crippen LogP contribution in [0.5, 0.6) is 0 Å². The predicted octanol–water partition coefficient (Wildman–Crippen LogP) is 2.08. The molecule has 4 heteroatoms. The Morgan fingerprint density at radius 2 is 1.82 bits per heavy atom. The van der Waals surface area contributed by atoms with Crippen molar-refractivity contribution in [2.24, 2.45) is 11.3 Å². The van der Waals surface area contributed by atoms with Crippen LogP contribution in [-0.2, 0) is 14.3 Å². The van der Waals surface area contributed by atoms with Crippen LogP contribution in [0.25, 0.3) is 0 Å². The van der Waals surface area contributed by atoms with E-state index in [0.29, 0.717) is 13.0 Å². The Morgan fingerprint density at radius 1 is 1.29 bits per heavy atom. The molecule has 0 aliphatic rings. The lowest BCUT2D eigenvalue weighted by Crippen LogP contribution is -2.38. The number of nitrogens with zero attached hydrogens (tertiary/aromatic N) is 1. The summed E-state index contributed by atoms with van der Waals surface area (Å²) < 4.78 is 4.63. The first-order chi connectivity index (χ1) is 7.72. The Hall–Kier alpha value is -1.06. The number of ether oxygens (including phenoxy) is 1. The zero-order chi connectivity index (χ0) is 13.6. The number of amides is 1. The van der Waals surface area contributed by atoms with Crippen molar-refractivity contribution in [2.75, 3.05) is 20.7 Å². The lowest BCUT2D eigenvalue weighted by Gasteiger charge is -2.25. The van der Waals surface area contributed by atoms with Crippen LogP contribution in [0.2, 0.25) is 0 Å². The molecule has 1 unspecified atom stereocenters. The number of rotatable bonds is 5. The molecule has 0 saturated carbocycles. The summed E-state index contributed by atoms with van der Waals surface area (Å²) in [4.78, 5) is 25.1. The molecule has 0 spiro atoms. The zero-order valence-electron chi connectivity index (χ0n) is 11.9. The second kappa shape index (κ2) is 6.62. The van der Waals surface area contributed by atoms with E-state index in [1.165, 1.54) is 7.11 Å². The molecular formula is C13H25NO3. The van der Waals surface area contributed by atoms with Gasteiger partial charge in [-0.3, -0.25) is 9.59 Å². The van der Waals surface area contributed by atoms with Crippen molar-refractivity contribution in [3.8, 4) is 0 Å². The number of hydrogen-bond donors (Lipinski definition) is 0. The number of methoxy groups -OCH3 is 1. The molecule has 0 bridgehead atoms. The molecule has 1 atom stereocenters. The molecule has 0 aromatic heterocycles. The van der Waals surface area contributed by atoms with E-state index < -0.39 is 11.9 Å². The van der Waals surface area contributed by atoms with E-state index in [1.54, 1.807) is 11.9 Å². The number of carbonyl (C=O) groups is 2. The molecule has 17 heavy (non-hydrogen) atoms. The second-order valence-electron chi connectivity index (χ2n) is 5.55. The Balaban J connectivity index is 4.42. The summed E-state index contributed by atoms with van der Waals surface area (Å²) >= 11 is 0. The summed E-state index contributed by atoms with van der Waals surface area (Å²) in [7, 11) is 3.05. The van der Waals surface area contributed by atoms with Gasteiger partial charge in [0.1, 0.15) is 5.92 Å². The van der Waals surface area contributed by atoms with Gasteiger partial charge in [-0.25, -0.2) is 0 Å². The van der Waals surface area contributed by atoms with Gasteiger partial charge in [-0.05, 0) is 18.3 Å². The maximum absolute atomic E-state index is 12.0. The summed E-state index contributed by atoms with van der Waals surface area (Å²) in [5.41, 5.74) is 0.182. The lowest BCUT2D eigenvalue weighted by molar-refractivity contribution is -0.153.